The van der Waals surface area contributed by atoms with Gasteiger partial charge in [0.2, 0.25) is 11.8 Å². The van der Waals surface area contributed by atoms with Crippen molar-refractivity contribution < 1.29 is 14.1 Å². The maximum absolute atomic E-state index is 12.3. The molecule has 0 spiro atoms. The lowest BCUT2D eigenvalue weighted by Crippen LogP contribution is -2.28. The fourth-order valence-corrected chi connectivity index (χ4v) is 2.71. The van der Waals surface area contributed by atoms with E-state index < -0.39 is 5.92 Å². The molecule has 120 valence electrons. The van der Waals surface area contributed by atoms with Crippen molar-refractivity contribution in [3.63, 3.8) is 0 Å². The van der Waals surface area contributed by atoms with Crippen molar-refractivity contribution in [2.24, 2.45) is 5.92 Å². The van der Waals surface area contributed by atoms with Crippen LogP contribution in [0.3, 0.4) is 0 Å². The van der Waals surface area contributed by atoms with Crippen LogP contribution in [0, 0.1) is 19.8 Å². The largest absolute Gasteiger partial charge is 0.328 e. The highest BCUT2D eigenvalue weighted by Crippen LogP contribution is 2.30. The molecule has 1 aromatic heterocycles. The van der Waals surface area contributed by atoms with Crippen LogP contribution in [0.5, 0.6) is 0 Å². The number of benzene rings is 1. The Morgan fingerprint density at radius 1 is 1.43 bits per heavy atom. The minimum atomic E-state index is -0.479. The van der Waals surface area contributed by atoms with Gasteiger partial charge in [0.1, 0.15) is 0 Å². The number of halogens is 1. The molecular weight excluding hydrogens is 320 g/mol. The summed E-state index contributed by atoms with van der Waals surface area (Å²) in [4.78, 5) is 30.0. The fraction of sp³-hybridized carbons (Fsp3) is 0.333. The van der Waals surface area contributed by atoms with Crippen molar-refractivity contribution in [3.05, 3.63) is 34.6 Å². The van der Waals surface area contributed by atoms with Gasteiger partial charge in [-0.25, -0.2) is 0 Å². The van der Waals surface area contributed by atoms with Gasteiger partial charge >= 0.3 is 6.01 Å². The molecule has 23 heavy (non-hydrogen) atoms. The first-order chi connectivity index (χ1) is 10.9. The molecule has 1 atom stereocenters. The molecule has 0 bridgehead atoms. The molecule has 2 amide bonds. The Kier molecular flexibility index (Phi) is 4.04. The summed E-state index contributed by atoms with van der Waals surface area (Å²) in [7, 11) is 0. The third kappa shape index (κ3) is 3.19. The first kappa shape index (κ1) is 15.5. The van der Waals surface area contributed by atoms with E-state index in [2.05, 4.69) is 15.5 Å². The number of hydrogen-bond donors (Lipinski definition) is 1. The van der Waals surface area contributed by atoms with E-state index in [9.17, 15) is 9.59 Å². The van der Waals surface area contributed by atoms with Crippen LogP contribution in [-0.4, -0.2) is 28.5 Å². The van der Waals surface area contributed by atoms with Crippen LogP contribution < -0.4 is 10.2 Å². The van der Waals surface area contributed by atoms with Crippen molar-refractivity contribution in [2.45, 2.75) is 20.3 Å². The molecule has 2 heterocycles. The van der Waals surface area contributed by atoms with Gasteiger partial charge in [0.25, 0.3) is 0 Å². The maximum Gasteiger partial charge on any atom is 0.328 e. The molecule has 0 unspecified atom stereocenters. The van der Waals surface area contributed by atoms with Gasteiger partial charge in [-0.05, 0) is 31.5 Å². The summed E-state index contributed by atoms with van der Waals surface area (Å²) in [6, 6.07) is 5.39. The quantitative estimate of drug-likeness (QED) is 0.930. The third-order valence-corrected chi connectivity index (χ3v) is 3.95. The van der Waals surface area contributed by atoms with Gasteiger partial charge in [-0.2, -0.15) is 4.98 Å². The average Bonchev–Trinajstić information content (AvgIpc) is 3.08. The maximum atomic E-state index is 12.3. The number of aromatic nitrogens is 2. The van der Waals surface area contributed by atoms with Crippen LogP contribution in [0.2, 0.25) is 5.02 Å². The normalized spacial score (nSPS) is 17.6. The number of hydrogen-bond acceptors (Lipinski definition) is 5. The Morgan fingerprint density at radius 3 is 2.91 bits per heavy atom. The van der Waals surface area contributed by atoms with E-state index in [1.165, 1.54) is 0 Å². The Bertz CT molecular complexity index is 774. The summed E-state index contributed by atoms with van der Waals surface area (Å²) in [5.74, 6) is -0.478. The average molecular weight is 335 g/mol. The number of rotatable bonds is 3. The van der Waals surface area contributed by atoms with Gasteiger partial charge in [-0.15, -0.1) is 0 Å². The number of aryl methyl sites for hydroxylation is 2. The lowest BCUT2D eigenvalue weighted by atomic mass is 10.1. The Balaban J connectivity index is 1.74. The third-order valence-electron chi connectivity index (χ3n) is 3.72. The molecular formula is C15H15ClN4O3. The zero-order chi connectivity index (χ0) is 16.6. The fourth-order valence-electron chi connectivity index (χ4n) is 2.54. The smallest absolute Gasteiger partial charge is 0.315 e. The number of nitrogens with one attached hydrogen (secondary N) is 1. The molecule has 7 nitrogen and oxygen atoms in total. The van der Waals surface area contributed by atoms with Crippen LogP contribution >= 0.6 is 11.6 Å². The summed E-state index contributed by atoms with van der Waals surface area (Å²) in [5, 5.41) is 6.69. The Morgan fingerprint density at radius 2 is 2.22 bits per heavy atom. The van der Waals surface area contributed by atoms with Crippen LogP contribution in [0.25, 0.3) is 0 Å². The molecule has 0 saturated carbocycles. The minimum absolute atomic E-state index is 0.0392. The molecule has 0 aliphatic carbocycles. The predicted molar refractivity (Wildman–Crippen MR) is 84.3 cm³/mol. The highest BCUT2D eigenvalue weighted by molar-refractivity contribution is 6.31. The molecule has 1 N–H and O–H groups in total. The van der Waals surface area contributed by atoms with E-state index >= 15 is 0 Å². The highest BCUT2D eigenvalue weighted by Gasteiger charge is 2.36. The molecule has 3 rings (SSSR count). The van der Waals surface area contributed by atoms with Crippen molar-refractivity contribution >= 4 is 35.1 Å². The summed E-state index contributed by atoms with van der Waals surface area (Å²) in [6.45, 7) is 3.84. The highest BCUT2D eigenvalue weighted by atomic mass is 35.5. The Hall–Kier alpha value is -2.41. The monoisotopic (exact) mass is 334 g/mol. The molecule has 1 aliphatic heterocycles. The molecule has 1 aromatic carbocycles. The van der Waals surface area contributed by atoms with Gasteiger partial charge < -0.3 is 9.42 Å². The summed E-state index contributed by atoms with van der Waals surface area (Å²) >= 11 is 6.01. The second kappa shape index (κ2) is 6.00. The number of carbonyl (C=O) groups excluding carboxylic acids is 2. The lowest BCUT2D eigenvalue weighted by Gasteiger charge is -2.19. The van der Waals surface area contributed by atoms with Crippen LogP contribution in [-0.2, 0) is 9.59 Å². The SMILES string of the molecule is Cc1noc(NC(=O)[C@@H]2CC(=O)N(c3cc(Cl)ccc3C)C2)n1. The van der Waals surface area contributed by atoms with E-state index in [0.29, 0.717) is 17.4 Å². The van der Waals surface area contributed by atoms with Gasteiger partial charge in [-0.3, -0.25) is 14.9 Å². The number of nitrogens with zero attached hydrogens (tertiary/aromatic N) is 3. The first-order valence-electron chi connectivity index (χ1n) is 7.11. The van der Waals surface area contributed by atoms with E-state index in [4.69, 9.17) is 16.1 Å². The topological polar surface area (TPSA) is 88.3 Å². The van der Waals surface area contributed by atoms with Gasteiger partial charge in [0, 0.05) is 23.7 Å². The second-order valence-electron chi connectivity index (χ2n) is 5.47. The zero-order valence-corrected chi connectivity index (χ0v) is 13.4. The van der Waals surface area contributed by atoms with Crippen LogP contribution in [0.1, 0.15) is 17.8 Å². The van der Waals surface area contributed by atoms with E-state index in [0.717, 1.165) is 11.3 Å². The van der Waals surface area contributed by atoms with Crippen LogP contribution in [0.4, 0.5) is 11.7 Å². The molecule has 1 fully saturated rings. The summed E-state index contributed by atoms with van der Waals surface area (Å²) in [6.07, 6.45) is 0.130. The second-order valence-corrected chi connectivity index (χ2v) is 5.91. The lowest BCUT2D eigenvalue weighted by molar-refractivity contribution is -0.122. The number of anilines is 2. The molecule has 2 aromatic rings. The van der Waals surface area contributed by atoms with Crippen molar-refractivity contribution in [1.82, 2.24) is 10.1 Å². The van der Waals surface area contributed by atoms with E-state index in [1.807, 2.05) is 13.0 Å². The number of amides is 2. The van der Waals surface area contributed by atoms with E-state index in [-0.39, 0.29) is 24.2 Å². The van der Waals surface area contributed by atoms with Crippen LogP contribution in [0.15, 0.2) is 22.7 Å². The molecule has 8 heteroatoms. The van der Waals surface area contributed by atoms with Gasteiger partial charge in [0.05, 0.1) is 5.92 Å². The predicted octanol–water partition coefficient (Wildman–Crippen LogP) is 2.33. The number of carbonyl (C=O) groups is 2. The van der Waals surface area contributed by atoms with Crippen molar-refractivity contribution in [3.8, 4) is 0 Å². The minimum Gasteiger partial charge on any atom is -0.315 e. The first-order valence-corrected chi connectivity index (χ1v) is 7.49. The summed E-state index contributed by atoms with van der Waals surface area (Å²) in [5.41, 5.74) is 1.66. The summed E-state index contributed by atoms with van der Waals surface area (Å²) < 4.78 is 4.86. The van der Waals surface area contributed by atoms with Crippen molar-refractivity contribution in [2.75, 3.05) is 16.8 Å². The standard InChI is InChI=1S/C15H15ClN4O3/c1-8-3-4-11(16)6-12(8)20-7-10(5-13(20)21)14(22)18-15-17-9(2)19-23-15/h3-4,6,10H,5,7H2,1-2H3,(H,17,18,19,22)/t10-/m1/s1. The van der Waals surface area contributed by atoms with Crippen molar-refractivity contribution in [1.29, 1.82) is 0 Å². The van der Waals surface area contributed by atoms with Gasteiger partial charge in [0.15, 0.2) is 5.82 Å². The van der Waals surface area contributed by atoms with E-state index in [1.54, 1.807) is 24.0 Å². The van der Waals surface area contributed by atoms with Gasteiger partial charge in [-0.1, -0.05) is 22.8 Å². The molecule has 1 aliphatic rings. The molecule has 1 saturated heterocycles. The zero-order valence-electron chi connectivity index (χ0n) is 12.7. The molecule has 0 radical (unpaired) electrons. The Labute approximate surface area is 137 Å².